The fourth-order valence-electron chi connectivity index (χ4n) is 6.08. The first-order valence-corrected chi connectivity index (χ1v) is 20.9. The number of benzene rings is 2. The zero-order valence-corrected chi connectivity index (χ0v) is 33.7. The van der Waals surface area contributed by atoms with Gasteiger partial charge in [0.2, 0.25) is 29.5 Å². The van der Waals surface area contributed by atoms with E-state index in [1.165, 1.54) is 55.5 Å². The van der Waals surface area contributed by atoms with E-state index < -0.39 is 99.6 Å². The highest BCUT2D eigenvalue weighted by molar-refractivity contribution is 7.46. The number of carboxylic acids is 1. The molecule has 2 aromatic rings. The van der Waals surface area contributed by atoms with Crippen molar-refractivity contribution in [2.24, 2.45) is 5.73 Å². The lowest BCUT2D eigenvalue weighted by Gasteiger charge is -2.31. The summed E-state index contributed by atoms with van der Waals surface area (Å²) in [6.45, 7) is 3.25. The van der Waals surface area contributed by atoms with E-state index in [0.29, 0.717) is 11.1 Å². The third kappa shape index (κ3) is 15.3. The van der Waals surface area contributed by atoms with E-state index in [-0.39, 0.29) is 43.7 Å². The Morgan fingerprint density at radius 1 is 0.729 bits per heavy atom. The number of rotatable bonds is 20. The van der Waals surface area contributed by atoms with Gasteiger partial charge in [-0.3, -0.25) is 33.0 Å². The van der Waals surface area contributed by atoms with Gasteiger partial charge in [-0.2, -0.15) is 0 Å². The Hall–Kier alpha value is -4.96. The number of phosphoric acid groups is 2. The molecule has 1 saturated heterocycles. The molecule has 1 heterocycles. The first-order valence-electron chi connectivity index (χ1n) is 17.9. The maximum absolute atomic E-state index is 13.7. The molecule has 25 heteroatoms. The molecule has 3 rings (SSSR count). The minimum Gasteiger partial charge on any atom is -0.508 e. The van der Waals surface area contributed by atoms with Crippen molar-refractivity contribution in [1.82, 2.24) is 26.2 Å². The normalized spacial score (nSPS) is 18.0. The quantitative estimate of drug-likeness (QED) is 0.0656. The van der Waals surface area contributed by atoms with Gasteiger partial charge in [0, 0.05) is 13.0 Å². The van der Waals surface area contributed by atoms with Gasteiger partial charge in [-0.1, -0.05) is 24.3 Å². The van der Waals surface area contributed by atoms with E-state index >= 15 is 0 Å². The molecule has 0 aliphatic carbocycles. The van der Waals surface area contributed by atoms with E-state index in [4.69, 9.17) is 5.73 Å². The third-order valence-corrected chi connectivity index (χ3v) is 10.2. The van der Waals surface area contributed by atoms with Gasteiger partial charge in [0.05, 0.1) is 18.2 Å². The van der Waals surface area contributed by atoms with Crippen LogP contribution in [-0.4, -0.2) is 130 Å². The maximum Gasteiger partial charge on any atom is 0.469 e. The lowest BCUT2D eigenvalue weighted by atomic mass is 10.0. The van der Waals surface area contributed by atoms with Crippen LogP contribution in [0.25, 0.3) is 0 Å². The minimum absolute atomic E-state index is 0.00365. The molecule has 0 unspecified atom stereocenters. The van der Waals surface area contributed by atoms with E-state index in [1.54, 1.807) is 0 Å². The monoisotopic (exact) mass is 874 g/mol. The summed E-state index contributed by atoms with van der Waals surface area (Å²) in [5.41, 5.74) is 6.91. The molecule has 0 radical (unpaired) electrons. The lowest BCUT2D eigenvalue weighted by molar-refractivity contribution is -0.144. The van der Waals surface area contributed by atoms with Gasteiger partial charge in [-0.05, 0) is 75.4 Å². The summed E-state index contributed by atoms with van der Waals surface area (Å²) < 4.78 is 32.6. The molecule has 326 valence electrons. The average molecular weight is 875 g/mol. The van der Waals surface area contributed by atoms with Crippen LogP contribution in [-0.2, 0) is 59.8 Å². The SMILES string of the molecule is C[C@H](NC(=O)[C@@H](NC(=O)[C@@H](N)Cc1ccc(O)cc1)[C@@H](C)OP(=O)(O)O)C(=O)N1CCC[C@H]1C(=O)N[C@H](C(=O)N[C@@H](Cc1ccc(O)cc1)C(=O)O)[C@@H](C)OP(=O)(O)O. The molecule has 0 aromatic heterocycles. The molecule has 5 amide bonds. The minimum atomic E-state index is -5.28. The van der Waals surface area contributed by atoms with Gasteiger partial charge < -0.3 is 66.8 Å². The molecule has 0 spiro atoms. The van der Waals surface area contributed by atoms with Crippen LogP contribution in [0, 0.1) is 0 Å². The zero-order chi connectivity index (χ0) is 44.4. The number of hydrogen-bond donors (Lipinski definition) is 12. The highest BCUT2D eigenvalue weighted by Gasteiger charge is 2.42. The Kier molecular flexibility index (Phi) is 17.1. The van der Waals surface area contributed by atoms with Crippen molar-refractivity contribution in [2.45, 2.75) is 94.9 Å². The molecule has 2 aromatic carbocycles. The Morgan fingerprint density at radius 3 is 1.66 bits per heavy atom. The van der Waals surface area contributed by atoms with Crippen LogP contribution in [0.3, 0.4) is 0 Å². The van der Waals surface area contributed by atoms with Crippen LogP contribution < -0.4 is 27.0 Å². The van der Waals surface area contributed by atoms with Crippen molar-refractivity contribution in [3.63, 3.8) is 0 Å². The third-order valence-electron chi connectivity index (χ3n) is 8.99. The van der Waals surface area contributed by atoms with Gasteiger partial charge in [0.25, 0.3) is 0 Å². The van der Waals surface area contributed by atoms with E-state index in [0.717, 1.165) is 18.7 Å². The van der Waals surface area contributed by atoms with E-state index in [9.17, 15) is 72.8 Å². The lowest BCUT2D eigenvalue weighted by Crippen LogP contribution is -2.61. The Bertz CT molecular complexity index is 1930. The van der Waals surface area contributed by atoms with Crippen molar-refractivity contribution < 1.29 is 81.8 Å². The second-order valence-electron chi connectivity index (χ2n) is 13.7. The number of likely N-dealkylation sites (tertiary alicyclic amines) is 1. The highest BCUT2D eigenvalue weighted by Crippen LogP contribution is 2.39. The average Bonchev–Trinajstić information content (AvgIpc) is 3.62. The Morgan fingerprint density at radius 2 is 1.19 bits per heavy atom. The molecule has 0 saturated carbocycles. The highest BCUT2D eigenvalue weighted by atomic mass is 31.2. The molecule has 1 aliphatic rings. The maximum atomic E-state index is 13.7. The number of nitrogens with two attached hydrogens (primary N) is 1. The Balaban J connectivity index is 1.77. The summed E-state index contributed by atoms with van der Waals surface area (Å²) in [4.78, 5) is 118. The number of carboxylic acid groups (broad SMARTS) is 1. The summed E-state index contributed by atoms with van der Waals surface area (Å²) in [6.07, 6.45) is -3.58. The number of phenols is 2. The van der Waals surface area contributed by atoms with Crippen molar-refractivity contribution in [3.8, 4) is 11.5 Å². The molecular formula is C34H48N6O17P2. The Labute approximate surface area is 337 Å². The van der Waals surface area contributed by atoms with Crippen molar-refractivity contribution in [2.75, 3.05) is 6.54 Å². The van der Waals surface area contributed by atoms with Crippen LogP contribution >= 0.6 is 15.6 Å². The predicted molar refractivity (Wildman–Crippen MR) is 203 cm³/mol. The van der Waals surface area contributed by atoms with Crippen LogP contribution in [0.1, 0.15) is 44.7 Å². The number of aliphatic carboxylic acids is 1. The topological polar surface area (TPSA) is 374 Å². The molecule has 1 aliphatic heterocycles. The molecule has 8 atom stereocenters. The van der Waals surface area contributed by atoms with Crippen molar-refractivity contribution in [1.29, 1.82) is 0 Å². The fourth-order valence-corrected chi connectivity index (χ4v) is 7.19. The first kappa shape index (κ1) is 48.4. The zero-order valence-electron chi connectivity index (χ0n) is 31.9. The number of carbonyl (C=O) groups excluding carboxylic acids is 5. The van der Waals surface area contributed by atoms with Gasteiger partial charge >= 0.3 is 21.6 Å². The number of aromatic hydroxyl groups is 2. The first-order chi connectivity index (χ1) is 27.3. The number of phosphoric ester groups is 2. The molecular weight excluding hydrogens is 826 g/mol. The van der Waals surface area contributed by atoms with Crippen LogP contribution in [0.4, 0.5) is 0 Å². The van der Waals surface area contributed by atoms with Crippen molar-refractivity contribution in [3.05, 3.63) is 59.7 Å². The summed E-state index contributed by atoms with van der Waals surface area (Å²) in [6, 6.07) is 1.59. The van der Waals surface area contributed by atoms with Gasteiger partial charge in [-0.15, -0.1) is 0 Å². The number of nitrogens with one attached hydrogen (secondary N) is 4. The van der Waals surface area contributed by atoms with Crippen LogP contribution in [0.2, 0.25) is 0 Å². The second-order valence-corrected chi connectivity index (χ2v) is 16.1. The van der Waals surface area contributed by atoms with E-state index in [1.807, 2.05) is 0 Å². The smallest absolute Gasteiger partial charge is 0.469 e. The van der Waals surface area contributed by atoms with Gasteiger partial charge in [0.15, 0.2) is 0 Å². The number of carbonyl (C=O) groups is 6. The van der Waals surface area contributed by atoms with Gasteiger partial charge in [-0.25, -0.2) is 13.9 Å². The molecule has 1 fully saturated rings. The largest absolute Gasteiger partial charge is 0.508 e. The molecule has 59 heavy (non-hydrogen) atoms. The standard InChI is InChI=1S/C34H48N6O17P2/c1-17(36-31(45)27(18(2)56-58(50,51)52)38-29(43)24(35)15-20-6-10-22(41)11-7-20)33(47)40-14-4-5-26(40)30(44)39-28(19(3)57-59(53,54)55)32(46)37-25(34(48)49)16-21-8-12-23(42)13-9-21/h6-13,17-19,24-28,41-42H,4-5,14-16,35H2,1-3H3,(H,36,45)(H,37,46)(H,38,43)(H,39,44)(H,48,49)(H2,50,51,52)(H2,53,54,55)/t17-,18+,19+,24-,25-,26-,27-,28-/m0/s1. The summed E-state index contributed by atoms with van der Waals surface area (Å²) >= 11 is 0. The van der Waals surface area contributed by atoms with Gasteiger partial charge in [0.1, 0.15) is 41.7 Å². The molecule has 13 N–H and O–H groups in total. The summed E-state index contributed by atoms with van der Waals surface area (Å²) in [5.74, 6) is -6.84. The number of amides is 5. The number of phenolic OH excluding ortho intramolecular Hbond substituents is 2. The number of nitrogens with zero attached hydrogens (tertiary/aromatic N) is 1. The number of hydrogen-bond acceptors (Lipinski definition) is 13. The molecule has 23 nitrogen and oxygen atoms in total. The fraction of sp³-hybridized carbons (Fsp3) is 0.471. The second kappa shape index (κ2) is 20.8. The van der Waals surface area contributed by atoms with Crippen molar-refractivity contribution >= 4 is 51.2 Å². The predicted octanol–water partition coefficient (Wildman–Crippen LogP) is -1.76. The molecule has 0 bridgehead atoms. The summed E-state index contributed by atoms with van der Waals surface area (Å²) in [7, 11) is -10.5. The van der Waals surface area contributed by atoms with Crippen LogP contribution in [0.5, 0.6) is 11.5 Å². The van der Waals surface area contributed by atoms with Crippen LogP contribution in [0.15, 0.2) is 48.5 Å². The van der Waals surface area contributed by atoms with E-state index in [2.05, 4.69) is 30.3 Å². The summed E-state index contributed by atoms with van der Waals surface area (Å²) in [5, 5.41) is 37.9.